The van der Waals surface area contributed by atoms with Gasteiger partial charge in [-0.1, -0.05) is 60.7 Å². The molecule has 2 aliphatic rings. The minimum absolute atomic E-state index is 0.0124. The Labute approximate surface area is 229 Å². The van der Waals surface area contributed by atoms with Crippen LogP contribution in [-0.4, -0.2) is 31.9 Å². The van der Waals surface area contributed by atoms with E-state index in [4.69, 9.17) is 15.2 Å². The molecule has 0 saturated carbocycles. The molecule has 0 bridgehead atoms. The number of anilines is 1. The summed E-state index contributed by atoms with van der Waals surface area (Å²) >= 11 is 0. The summed E-state index contributed by atoms with van der Waals surface area (Å²) in [5, 5.41) is 0. The Kier molecular flexibility index (Phi) is 7.21. The van der Waals surface area contributed by atoms with Gasteiger partial charge in [0.25, 0.3) is 0 Å². The standard InChI is InChI=1S/C31H26F2N2O5/c1-39-30(37)25-19(17-10-4-3-5-11-17)16-23-26(28(25)36)24(18-12-6-7-13-20(18)32)27(31(38)40-2)29(34)35(23)22-15-9-8-14-21(22)33/h3-15,19,24-25H,16,34H2,1-2H3/t19-,24+,25+/m1/s1. The number of nitrogens with two attached hydrogens (primary N) is 1. The quantitative estimate of drug-likeness (QED) is 0.367. The van der Waals surface area contributed by atoms with Gasteiger partial charge in [-0.3, -0.25) is 14.5 Å². The summed E-state index contributed by atoms with van der Waals surface area (Å²) in [5.74, 6) is -7.27. The zero-order chi connectivity index (χ0) is 28.6. The van der Waals surface area contributed by atoms with Crippen LogP contribution in [0.5, 0.6) is 0 Å². The van der Waals surface area contributed by atoms with Crippen LogP contribution in [0.15, 0.2) is 102 Å². The van der Waals surface area contributed by atoms with Crippen LogP contribution >= 0.6 is 0 Å². The predicted molar refractivity (Wildman–Crippen MR) is 143 cm³/mol. The van der Waals surface area contributed by atoms with Gasteiger partial charge in [0.05, 0.1) is 31.4 Å². The highest BCUT2D eigenvalue weighted by molar-refractivity contribution is 6.14. The van der Waals surface area contributed by atoms with Crippen LogP contribution in [-0.2, 0) is 23.9 Å². The number of benzene rings is 3. The van der Waals surface area contributed by atoms with Crippen molar-refractivity contribution in [2.75, 3.05) is 19.1 Å². The Hall–Kier alpha value is -4.79. The average molecular weight is 545 g/mol. The molecule has 0 radical (unpaired) electrons. The molecule has 1 aliphatic heterocycles. The molecule has 9 heteroatoms. The second-order valence-corrected chi connectivity index (χ2v) is 9.48. The Morgan fingerprint density at radius 1 is 0.875 bits per heavy atom. The molecule has 1 heterocycles. The van der Waals surface area contributed by atoms with Gasteiger partial charge < -0.3 is 15.2 Å². The van der Waals surface area contributed by atoms with Gasteiger partial charge in [0.15, 0.2) is 5.78 Å². The molecule has 3 atom stereocenters. The molecule has 2 N–H and O–H groups in total. The number of para-hydroxylation sites is 1. The monoisotopic (exact) mass is 544 g/mol. The number of nitrogens with zero attached hydrogens (tertiary/aromatic N) is 1. The number of esters is 2. The first-order chi connectivity index (χ1) is 19.3. The van der Waals surface area contributed by atoms with Crippen molar-refractivity contribution in [1.82, 2.24) is 0 Å². The molecule has 40 heavy (non-hydrogen) atoms. The molecular weight excluding hydrogens is 518 g/mol. The molecule has 0 amide bonds. The molecule has 3 aromatic carbocycles. The fourth-order valence-electron chi connectivity index (χ4n) is 5.68. The number of ether oxygens (including phenoxy) is 2. The van der Waals surface area contributed by atoms with Gasteiger partial charge in [-0.2, -0.15) is 0 Å². The number of carbonyl (C=O) groups excluding carboxylic acids is 3. The van der Waals surface area contributed by atoms with Crippen molar-refractivity contribution in [2.45, 2.75) is 18.3 Å². The van der Waals surface area contributed by atoms with E-state index in [1.807, 2.05) is 0 Å². The molecule has 0 fully saturated rings. The third kappa shape index (κ3) is 4.33. The van der Waals surface area contributed by atoms with Crippen LogP contribution in [0, 0.1) is 17.6 Å². The van der Waals surface area contributed by atoms with Crippen LogP contribution in [0.4, 0.5) is 14.5 Å². The fraction of sp³-hybridized carbons (Fsp3) is 0.194. The Morgan fingerprint density at radius 2 is 1.50 bits per heavy atom. The highest BCUT2D eigenvalue weighted by Gasteiger charge is 2.51. The number of ketones is 1. The van der Waals surface area contributed by atoms with Crippen molar-refractivity contribution >= 4 is 23.4 Å². The van der Waals surface area contributed by atoms with Gasteiger partial charge in [0, 0.05) is 22.8 Å². The molecule has 0 saturated heterocycles. The van der Waals surface area contributed by atoms with E-state index in [2.05, 4.69) is 0 Å². The minimum Gasteiger partial charge on any atom is -0.468 e. The van der Waals surface area contributed by atoms with Gasteiger partial charge in [-0.05, 0) is 30.2 Å². The van der Waals surface area contributed by atoms with Crippen LogP contribution in [0.25, 0.3) is 0 Å². The maximum Gasteiger partial charge on any atom is 0.338 e. The Bertz CT molecular complexity index is 1570. The predicted octanol–water partition coefficient (Wildman–Crippen LogP) is 4.71. The van der Waals surface area contributed by atoms with E-state index >= 15 is 8.78 Å². The first-order valence-corrected chi connectivity index (χ1v) is 12.6. The van der Waals surface area contributed by atoms with E-state index in [0.717, 1.165) is 7.11 Å². The smallest absolute Gasteiger partial charge is 0.338 e. The number of carbonyl (C=O) groups is 3. The third-order valence-corrected chi connectivity index (χ3v) is 7.44. The third-order valence-electron chi connectivity index (χ3n) is 7.44. The average Bonchev–Trinajstić information content (AvgIpc) is 2.97. The highest BCUT2D eigenvalue weighted by atomic mass is 19.1. The second kappa shape index (κ2) is 10.8. The summed E-state index contributed by atoms with van der Waals surface area (Å²) in [4.78, 5) is 42.1. The molecular formula is C31H26F2N2O5. The van der Waals surface area contributed by atoms with E-state index in [1.54, 1.807) is 42.5 Å². The van der Waals surface area contributed by atoms with E-state index in [9.17, 15) is 14.4 Å². The fourth-order valence-corrected chi connectivity index (χ4v) is 5.68. The van der Waals surface area contributed by atoms with Crippen molar-refractivity contribution < 1.29 is 32.6 Å². The molecule has 0 spiro atoms. The number of halogens is 2. The molecule has 7 nitrogen and oxygen atoms in total. The number of hydrogen-bond donors (Lipinski definition) is 1. The molecule has 3 aromatic rings. The van der Waals surface area contributed by atoms with Gasteiger partial charge in [0.1, 0.15) is 23.4 Å². The maximum absolute atomic E-state index is 15.4. The first kappa shape index (κ1) is 26.8. The molecule has 5 rings (SSSR count). The van der Waals surface area contributed by atoms with Gasteiger partial charge >= 0.3 is 11.9 Å². The summed E-state index contributed by atoms with van der Waals surface area (Å²) in [7, 11) is 2.31. The molecule has 0 unspecified atom stereocenters. The van der Waals surface area contributed by atoms with Gasteiger partial charge in [-0.15, -0.1) is 0 Å². The lowest BCUT2D eigenvalue weighted by Crippen LogP contribution is -2.46. The zero-order valence-corrected chi connectivity index (χ0v) is 21.8. The maximum atomic E-state index is 15.4. The number of Topliss-reactive ketones (excluding diaryl/α,β-unsaturated/α-hetero) is 1. The second-order valence-electron chi connectivity index (χ2n) is 9.48. The normalized spacial score (nSPS) is 20.8. The van der Waals surface area contributed by atoms with E-state index in [0.29, 0.717) is 5.56 Å². The summed E-state index contributed by atoms with van der Waals surface area (Å²) in [6, 6.07) is 20.3. The summed E-state index contributed by atoms with van der Waals surface area (Å²) in [5.41, 5.74) is 7.22. The van der Waals surface area contributed by atoms with Crippen LogP contribution in [0.2, 0.25) is 0 Å². The van der Waals surface area contributed by atoms with Crippen LogP contribution in [0.3, 0.4) is 0 Å². The van der Waals surface area contributed by atoms with Crippen molar-refractivity contribution in [3.8, 4) is 0 Å². The van der Waals surface area contributed by atoms with E-state index in [-0.39, 0.29) is 40.3 Å². The number of hydrogen-bond acceptors (Lipinski definition) is 7. The lowest BCUT2D eigenvalue weighted by molar-refractivity contribution is -0.150. The molecule has 1 aliphatic carbocycles. The van der Waals surface area contributed by atoms with Gasteiger partial charge in [0.2, 0.25) is 0 Å². The van der Waals surface area contributed by atoms with Crippen molar-refractivity contribution in [3.63, 3.8) is 0 Å². The summed E-state index contributed by atoms with van der Waals surface area (Å²) < 4.78 is 40.7. The lowest BCUT2D eigenvalue weighted by Gasteiger charge is -2.44. The number of methoxy groups -OCH3 is 2. The van der Waals surface area contributed by atoms with Crippen LogP contribution in [0.1, 0.15) is 29.4 Å². The first-order valence-electron chi connectivity index (χ1n) is 12.6. The zero-order valence-electron chi connectivity index (χ0n) is 21.8. The van der Waals surface area contributed by atoms with E-state index < -0.39 is 47.1 Å². The van der Waals surface area contributed by atoms with Crippen molar-refractivity contribution in [3.05, 3.63) is 124 Å². The summed E-state index contributed by atoms with van der Waals surface area (Å²) in [6.07, 6.45) is 0.0410. The Balaban J connectivity index is 1.86. The SMILES string of the molecule is COC(=O)C1=C(N)N(c2ccccc2F)C2=C(C(=O)[C@@H](C(=O)OC)[C@@H](c3ccccc3)C2)[C@@H]1c1ccccc1F. The van der Waals surface area contributed by atoms with E-state index in [1.165, 1.54) is 48.4 Å². The van der Waals surface area contributed by atoms with Crippen molar-refractivity contribution in [2.24, 2.45) is 11.7 Å². The number of allylic oxidation sites excluding steroid dienone is 2. The lowest BCUT2D eigenvalue weighted by atomic mass is 9.67. The highest BCUT2D eigenvalue weighted by Crippen LogP contribution is 2.52. The largest absolute Gasteiger partial charge is 0.468 e. The summed E-state index contributed by atoms with van der Waals surface area (Å²) in [6.45, 7) is 0. The molecule has 204 valence electrons. The van der Waals surface area contributed by atoms with Crippen molar-refractivity contribution in [1.29, 1.82) is 0 Å². The topological polar surface area (TPSA) is 98.9 Å². The van der Waals surface area contributed by atoms with Crippen LogP contribution < -0.4 is 10.6 Å². The van der Waals surface area contributed by atoms with Gasteiger partial charge in [-0.25, -0.2) is 13.6 Å². The minimum atomic E-state index is -1.32. The Morgan fingerprint density at radius 3 is 2.12 bits per heavy atom. The molecule has 0 aromatic heterocycles. The number of rotatable bonds is 5.